The third-order valence-electron chi connectivity index (χ3n) is 2.11. The number of rotatable bonds is 4. The summed E-state index contributed by atoms with van der Waals surface area (Å²) in [7, 11) is 1.66. The number of thiol groups is 1. The van der Waals surface area contributed by atoms with Crippen LogP contribution in [0.3, 0.4) is 0 Å². The fourth-order valence-corrected chi connectivity index (χ4v) is 1.47. The molecule has 0 spiro atoms. The van der Waals surface area contributed by atoms with E-state index in [0.29, 0.717) is 25.1 Å². The number of nitrogens with one attached hydrogen (secondary N) is 2. The van der Waals surface area contributed by atoms with Crippen LogP contribution in [0.5, 0.6) is 0 Å². The summed E-state index contributed by atoms with van der Waals surface area (Å²) in [5, 5.41) is 6.29. The van der Waals surface area contributed by atoms with Gasteiger partial charge in [-0.3, -0.25) is 14.6 Å². The topological polar surface area (TPSA) is 61.2 Å². The highest BCUT2D eigenvalue weighted by Gasteiger charge is 2.23. The van der Waals surface area contributed by atoms with Gasteiger partial charge in [0.05, 0.1) is 13.2 Å². The van der Waals surface area contributed by atoms with E-state index >= 15 is 0 Å². The second-order valence-electron chi connectivity index (χ2n) is 4.06. The molecule has 0 saturated carbocycles. The average Bonchev–Trinajstić information content (AvgIpc) is 2.25. The molecule has 0 aromatic heterocycles. The van der Waals surface area contributed by atoms with Crippen molar-refractivity contribution in [3.8, 4) is 0 Å². The minimum Gasteiger partial charge on any atom is -0.383 e. The lowest BCUT2D eigenvalue weighted by atomic mass is 10.4. The highest BCUT2D eigenvalue weighted by Crippen LogP contribution is 2.06. The molecule has 1 rings (SSSR count). The van der Waals surface area contributed by atoms with Crippen LogP contribution in [-0.4, -0.2) is 48.7 Å². The van der Waals surface area contributed by atoms with Crippen molar-refractivity contribution in [2.45, 2.75) is 33.0 Å². The third-order valence-corrected chi connectivity index (χ3v) is 2.64. The van der Waals surface area contributed by atoms with Gasteiger partial charge in [-0.1, -0.05) is 12.8 Å². The van der Waals surface area contributed by atoms with Gasteiger partial charge in [0.1, 0.15) is 6.17 Å². The summed E-state index contributed by atoms with van der Waals surface area (Å²) in [6.07, 6.45) is 0.0402. The Balaban J connectivity index is 2.70. The first kappa shape index (κ1) is 14.1. The molecule has 17 heavy (non-hydrogen) atoms. The monoisotopic (exact) mass is 259 g/mol. The van der Waals surface area contributed by atoms with Gasteiger partial charge in [0.15, 0.2) is 5.96 Å². The van der Waals surface area contributed by atoms with Crippen LogP contribution in [0.2, 0.25) is 0 Å². The Kier molecular flexibility index (Phi) is 5.57. The molecule has 1 fully saturated rings. The Bertz CT molecular complexity index is 305. The molecular weight excluding hydrogens is 238 g/mol. The van der Waals surface area contributed by atoms with Crippen molar-refractivity contribution in [3.63, 3.8) is 0 Å². The minimum atomic E-state index is 0.0402. The summed E-state index contributed by atoms with van der Waals surface area (Å²) in [5.74, 6) is 1.42. The third kappa shape index (κ3) is 4.43. The Morgan fingerprint density at radius 1 is 1.53 bits per heavy atom. The van der Waals surface area contributed by atoms with Gasteiger partial charge in [-0.05, 0) is 20.8 Å². The number of nitrogens with zero attached hydrogens (tertiary/aromatic N) is 3. The predicted molar refractivity (Wildman–Crippen MR) is 73.3 cm³/mol. The molecule has 0 aromatic rings. The molecule has 0 aromatic carbocycles. The molecule has 1 aliphatic heterocycles. The van der Waals surface area contributed by atoms with E-state index in [1.165, 1.54) is 0 Å². The van der Waals surface area contributed by atoms with Crippen molar-refractivity contribution in [2.24, 2.45) is 9.98 Å². The summed E-state index contributed by atoms with van der Waals surface area (Å²) in [4.78, 5) is 8.79. The molecule has 7 heteroatoms. The molecule has 0 bridgehead atoms. The fourth-order valence-electron chi connectivity index (χ4n) is 1.31. The van der Waals surface area contributed by atoms with Crippen LogP contribution in [0.15, 0.2) is 9.98 Å². The van der Waals surface area contributed by atoms with Crippen LogP contribution < -0.4 is 10.6 Å². The molecule has 1 aliphatic rings. The molecule has 6 nitrogen and oxygen atoms in total. The van der Waals surface area contributed by atoms with Crippen LogP contribution in [-0.2, 0) is 4.74 Å². The lowest BCUT2D eigenvalue weighted by molar-refractivity contribution is 0.207. The van der Waals surface area contributed by atoms with Gasteiger partial charge < -0.3 is 10.1 Å². The van der Waals surface area contributed by atoms with E-state index in [9.17, 15) is 0 Å². The standard InChI is InChI=1S/C10H21N5OS/c1-7(2)12-10-14-9(11-5-6-16-4)13-8(3)15(10)17/h7-8,17H,5-6H2,1-4H3,(H2,11,12,13,14). The maximum atomic E-state index is 4.95. The smallest absolute Gasteiger partial charge is 0.212 e. The largest absolute Gasteiger partial charge is 0.383 e. The van der Waals surface area contributed by atoms with Crippen LogP contribution in [0.1, 0.15) is 20.8 Å². The quantitative estimate of drug-likeness (QED) is 0.506. The van der Waals surface area contributed by atoms with Gasteiger partial charge in [0.2, 0.25) is 5.96 Å². The molecule has 2 N–H and O–H groups in total. The van der Waals surface area contributed by atoms with Crippen molar-refractivity contribution >= 4 is 24.7 Å². The van der Waals surface area contributed by atoms with Crippen LogP contribution in [0.4, 0.5) is 0 Å². The summed E-state index contributed by atoms with van der Waals surface area (Å²) >= 11 is 4.37. The van der Waals surface area contributed by atoms with Gasteiger partial charge in [0, 0.05) is 13.2 Å². The highest BCUT2D eigenvalue weighted by atomic mass is 32.1. The minimum absolute atomic E-state index is 0.0402. The fraction of sp³-hybridized carbons (Fsp3) is 0.800. The van der Waals surface area contributed by atoms with Crippen molar-refractivity contribution in [2.75, 3.05) is 20.3 Å². The molecule has 1 heterocycles. The molecule has 1 unspecified atom stereocenters. The van der Waals surface area contributed by atoms with E-state index in [1.54, 1.807) is 11.4 Å². The summed E-state index contributed by atoms with van der Waals surface area (Å²) in [6.45, 7) is 7.24. The first-order valence-electron chi connectivity index (χ1n) is 5.67. The lowest BCUT2D eigenvalue weighted by Crippen LogP contribution is -2.60. The molecule has 0 radical (unpaired) electrons. The Hall–Kier alpha value is -0.950. The highest BCUT2D eigenvalue weighted by molar-refractivity contribution is 7.78. The van der Waals surface area contributed by atoms with Gasteiger partial charge in [0.25, 0.3) is 0 Å². The Morgan fingerprint density at radius 3 is 2.82 bits per heavy atom. The van der Waals surface area contributed by atoms with Crippen LogP contribution >= 0.6 is 12.8 Å². The molecule has 1 atom stereocenters. The number of methoxy groups -OCH3 is 1. The SMILES string of the molecule is COCCN=C1NC(=NC(C)C)N(S)C(C)N1. The van der Waals surface area contributed by atoms with Gasteiger partial charge in [-0.2, -0.15) is 0 Å². The summed E-state index contributed by atoms with van der Waals surface area (Å²) in [5.41, 5.74) is 0. The van der Waals surface area contributed by atoms with Crippen molar-refractivity contribution in [1.29, 1.82) is 0 Å². The first-order chi connectivity index (χ1) is 8.04. The zero-order chi connectivity index (χ0) is 12.8. The van der Waals surface area contributed by atoms with Crippen molar-refractivity contribution < 1.29 is 4.74 Å². The van der Waals surface area contributed by atoms with E-state index in [1.807, 2.05) is 20.8 Å². The number of hydrogen-bond acceptors (Lipinski definition) is 4. The number of hydrogen-bond donors (Lipinski definition) is 3. The van der Waals surface area contributed by atoms with Crippen molar-refractivity contribution in [1.82, 2.24) is 14.9 Å². The zero-order valence-corrected chi connectivity index (χ0v) is 11.7. The molecule has 1 saturated heterocycles. The normalized spacial score (nSPS) is 25.3. The van der Waals surface area contributed by atoms with E-state index < -0.39 is 0 Å². The van der Waals surface area contributed by atoms with E-state index in [-0.39, 0.29) is 12.2 Å². The second kappa shape index (κ2) is 6.70. The number of guanidine groups is 2. The number of ether oxygens (including phenoxy) is 1. The Morgan fingerprint density at radius 2 is 2.24 bits per heavy atom. The maximum absolute atomic E-state index is 4.95. The summed E-state index contributed by atoms with van der Waals surface area (Å²) < 4.78 is 6.70. The van der Waals surface area contributed by atoms with Gasteiger partial charge >= 0.3 is 0 Å². The lowest BCUT2D eigenvalue weighted by Gasteiger charge is -2.34. The molecular formula is C10H21N5OS. The number of aliphatic imine (C=N–C) groups is 2. The molecule has 0 amide bonds. The van der Waals surface area contributed by atoms with Crippen LogP contribution in [0.25, 0.3) is 0 Å². The first-order valence-corrected chi connectivity index (χ1v) is 6.07. The molecule has 0 aliphatic carbocycles. The summed E-state index contributed by atoms with van der Waals surface area (Å²) in [6, 6.07) is 0.206. The van der Waals surface area contributed by atoms with E-state index in [4.69, 9.17) is 4.74 Å². The maximum Gasteiger partial charge on any atom is 0.212 e. The van der Waals surface area contributed by atoms with Gasteiger partial charge in [-0.25, -0.2) is 4.99 Å². The van der Waals surface area contributed by atoms with Crippen LogP contribution in [0, 0.1) is 0 Å². The second-order valence-corrected chi connectivity index (χ2v) is 4.49. The van der Waals surface area contributed by atoms with Gasteiger partial charge in [-0.15, -0.1) is 0 Å². The predicted octanol–water partition coefficient (Wildman–Crippen LogP) is 0.439. The molecule has 98 valence electrons. The Labute approximate surface area is 108 Å². The van der Waals surface area contributed by atoms with E-state index in [2.05, 4.69) is 33.4 Å². The van der Waals surface area contributed by atoms with Crippen molar-refractivity contribution in [3.05, 3.63) is 0 Å². The zero-order valence-electron chi connectivity index (χ0n) is 10.8. The van der Waals surface area contributed by atoms with E-state index in [0.717, 1.165) is 0 Å². The average molecular weight is 259 g/mol.